The maximum Gasteiger partial charge on any atom is 0.378 e. The first-order valence-corrected chi connectivity index (χ1v) is 3.97. The first kappa shape index (κ1) is 10.8. The Balaban J connectivity index is 2.82. The molecule has 0 aliphatic rings. The van der Waals surface area contributed by atoms with Gasteiger partial charge in [0.2, 0.25) is 0 Å². The van der Waals surface area contributed by atoms with Crippen molar-refractivity contribution in [3.8, 4) is 5.75 Å². The summed E-state index contributed by atoms with van der Waals surface area (Å²) in [5.41, 5.74) is 0. The summed E-state index contributed by atoms with van der Waals surface area (Å²) in [4.78, 5) is 10.4. The molecular formula is C8H6F2O3S. The number of thiol groups is 1. The summed E-state index contributed by atoms with van der Waals surface area (Å²) in [7, 11) is 0. The van der Waals surface area contributed by atoms with Crippen molar-refractivity contribution in [3.63, 3.8) is 0 Å². The molecule has 1 N–H and O–H groups in total. The second kappa shape index (κ2) is 4.28. The van der Waals surface area contributed by atoms with Crippen molar-refractivity contribution in [1.29, 1.82) is 0 Å². The minimum Gasteiger partial charge on any atom is -0.476 e. The number of aliphatic carboxylic acids is 1. The van der Waals surface area contributed by atoms with E-state index in [1.165, 1.54) is 6.07 Å². The molecule has 1 aromatic carbocycles. The predicted octanol–water partition coefficient (Wildman–Crippen LogP) is 1.87. The summed E-state index contributed by atoms with van der Waals surface area (Å²) < 4.78 is 29.6. The van der Waals surface area contributed by atoms with E-state index < -0.39 is 23.9 Å². The Morgan fingerprint density at radius 1 is 1.57 bits per heavy atom. The summed E-state index contributed by atoms with van der Waals surface area (Å²) >= 11 is 3.83. The van der Waals surface area contributed by atoms with Crippen molar-refractivity contribution in [2.75, 3.05) is 0 Å². The topological polar surface area (TPSA) is 46.5 Å². The summed E-state index contributed by atoms with van der Waals surface area (Å²) in [5.74, 6) is -3.13. The number of alkyl halides is 1. The smallest absolute Gasteiger partial charge is 0.378 e. The van der Waals surface area contributed by atoms with Crippen LogP contribution in [0, 0.1) is 5.82 Å². The van der Waals surface area contributed by atoms with E-state index in [9.17, 15) is 13.6 Å². The van der Waals surface area contributed by atoms with E-state index >= 15 is 0 Å². The Kier molecular flexibility index (Phi) is 3.29. The molecular weight excluding hydrogens is 214 g/mol. The zero-order valence-corrected chi connectivity index (χ0v) is 7.67. The molecule has 0 aromatic heterocycles. The number of rotatable bonds is 3. The lowest BCUT2D eigenvalue weighted by Gasteiger charge is -2.08. The minimum atomic E-state index is -2.57. The van der Waals surface area contributed by atoms with Crippen LogP contribution in [0.15, 0.2) is 23.1 Å². The number of hydrogen-bond donors (Lipinski definition) is 2. The average Bonchev–Trinajstić information content (AvgIpc) is 2.09. The summed E-state index contributed by atoms with van der Waals surface area (Å²) in [6, 6.07) is 3.45. The van der Waals surface area contributed by atoms with Crippen molar-refractivity contribution in [2.45, 2.75) is 11.3 Å². The van der Waals surface area contributed by atoms with E-state index in [1.54, 1.807) is 0 Å². The zero-order valence-electron chi connectivity index (χ0n) is 6.78. The molecule has 0 heterocycles. The number of carboxylic acid groups (broad SMARTS) is 1. The molecule has 14 heavy (non-hydrogen) atoms. The molecule has 3 nitrogen and oxygen atoms in total. The highest BCUT2D eigenvalue weighted by Crippen LogP contribution is 2.21. The van der Waals surface area contributed by atoms with Gasteiger partial charge in [0.15, 0.2) is 11.6 Å². The van der Waals surface area contributed by atoms with Crippen molar-refractivity contribution in [1.82, 2.24) is 0 Å². The van der Waals surface area contributed by atoms with Crippen molar-refractivity contribution < 1.29 is 23.4 Å². The Bertz CT molecular complexity index is 356. The largest absolute Gasteiger partial charge is 0.476 e. The molecule has 0 aliphatic heterocycles. The molecule has 0 spiro atoms. The van der Waals surface area contributed by atoms with E-state index in [0.717, 1.165) is 12.1 Å². The van der Waals surface area contributed by atoms with Crippen LogP contribution in [0.25, 0.3) is 0 Å². The Hall–Kier alpha value is -1.30. The van der Waals surface area contributed by atoms with Gasteiger partial charge in [0.05, 0.1) is 0 Å². The van der Waals surface area contributed by atoms with E-state index in [4.69, 9.17) is 5.11 Å². The second-order valence-corrected chi connectivity index (χ2v) is 2.90. The first-order valence-electron chi connectivity index (χ1n) is 3.53. The van der Waals surface area contributed by atoms with Crippen LogP contribution in [0.4, 0.5) is 8.78 Å². The van der Waals surface area contributed by atoms with Crippen LogP contribution in [0.5, 0.6) is 5.75 Å². The molecule has 1 aromatic rings. The Morgan fingerprint density at radius 2 is 2.21 bits per heavy atom. The maximum atomic E-state index is 12.9. The van der Waals surface area contributed by atoms with Crippen LogP contribution >= 0.6 is 12.6 Å². The number of halogens is 2. The van der Waals surface area contributed by atoms with Crippen LogP contribution in [-0.4, -0.2) is 17.4 Å². The van der Waals surface area contributed by atoms with Crippen LogP contribution in [0.3, 0.4) is 0 Å². The average molecular weight is 220 g/mol. The van der Waals surface area contributed by atoms with Crippen LogP contribution < -0.4 is 4.74 Å². The molecule has 76 valence electrons. The third-order valence-corrected chi connectivity index (χ3v) is 1.62. The fraction of sp³-hybridized carbons (Fsp3) is 0.125. The summed E-state index contributed by atoms with van der Waals surface area (Å²) in [5, 5.41) is 8.15. The normalized spacial score (nSPS) is 12.2. The maximum absolute atomic E-state index is 12.9. The van der Waals surface area contributed by atoms with Gasteiger partial charge in [0, 0.05) is 4.90 Å². The van der Waals surface area contributed by atoms with Crippen LogP contribution in [0.1, 0.15) is 0 Å². The standard InChI is InChI=1S/C8H6F2O3S/c9-5-3-4(14)1-2-6(5)13-7(10)8(11)12/h1-3,7,14H,(H,11,12). The van der Waals surface area contributed by atoms with E-state index in [2.05, 4.69) is 17.4 Å². The molecule has 0 saturated carbocycles. The SMILES string of the molecule is O=C(O)C(F)Oc1ccc(S)cc1F. The fourth-order valence-corrected chi connectivity index (χ4v) is 0.935. The number of benzene rings is 1. The third kappa shape index (κ3) is 2.59. The monoisotopic (exact) mass is 220 g/mol. The molecule has 0 saturated heterocycles. The number of ether oxygens (including phenoxy) is 1. The molecule has 0 amide bonds. The van der Waals surface area contributed by atoms with Gasteiger partial charge in [-0.1, -0.05) is 0 Å². The quantitative estimate of drug-likeness (QED) is 0.764. The number of hydrogen-bond acceptors (Lipinski definition) is 3. The molecule has 0 bridgehead atoms. The molecule has 0 aliphatic carbocycles. The molecule has 1 unspecified atom stereocenters. The highest BCUT2D eigenvalue weighted by atomic mass is 32.1. The Morgan fingerprint density at radius 3 is 2.71 bits per heavy atom. The van der Waals surface area contributed by atoms with E-state index in [0.29, 0.717) is 4.90 Å². The molecule has 1 atom stereocenters. The lowest BCUT2D eigenvalue weighted by Crippen LogP contribution is -2.21. The van der Waals surface area contributed by atoms with Gasteiger partial charge in [-0.3, -0.25) is 0 Å². The second-order valence-electron chi connectivity index (χ2n) is 2.39. The molecule has 0 radical (unpaired) electrons. The van der Waals surface area contributed by atoms with Crippen molar-refractivity contribution in [3.05, 3.63) is 24.0 Å². The Labute approximate surface area is 83.7 Å². The van der Waals surface area contributed by atoms with E-state index in [1.807, 2.05) is 0 Å². The van der Waals surface area contributed by atoms with Gasteiger partial charge in [-0.05, 0) is 18.2 Å². The highest BCUT2D eigenvalue weighted by molar-refractivity contribution is 7.80. The highest BCUT2D eigenvalue weighted by Gasteiger charge is 2.18. The van der Waals surface area contributed by atoms with Gasteiger partial charge >= 0.3 is 12.3 Å². The minimum absolute atomic E-state index is 0.334. The zero-order chi connectivity index (χ0) is 10.7. The van der Waals surface area contributed by atoms with Crippen molar-refractivity contribution >= 4 is 18.6 Å². The van der Waals surface area contributed by atoms with Gasteiger partial charge in [0.25, 0.3) is 0 Å². The fourth-order valence-electron chi connectivity index (χ4n) is 0.747. The van der Waals surface area contributed by atoms with Crippen LogP contribution in [0.2, 0.25) is 0 Å². The molecule has 1 rings (SSSR count). The van der Waals surface area contributed by atoms with Crippen LogP contribution in [-0.2, 0) is 4.79 Å². The lowest BCUT2D eigenvalue weighted by atomic mass is 10.3. The summed E-state index contributed by atoms with van der Waals surface area (Å²) in [6.07, 6.45) is -2.57. The number of carboxylic acids is 1. The van der Waals surface area contributed by atoms with Gasteiger partial charge in [-0.25, -0.2) is 9.18 Å². The van der Waals surface area contributed by atoms with Crippen molar-refractivity contribution in [2.24, 2.45) is 0 Å². The summed E-state index contributed by atoms with van der Waals surface area (Å²) in [6.45, 7) is 0. The lowest BCUT2D eigenvalue weighted by molar-refractivity contribution is -0.153. The van der Waals surface area contributed by atoms with Gasteiger partial charge in [-0.15, -0.1) is 12.6 Å². The van der Waals surface area contributed by atoms with E-state index in [-0.39, 0.29) is 0 Å². The number of carbonyl (C=O) groups is 1. The van der Waals surface area contributed by atoms with Gasteiger partial charge in [0.1, 0.15) is 0 Å². The van der Waals surface area contributed by atoms with Gasteiger partial charge < -0.3 is 9.84 Å². The molecule has 0 fully saturated rings. The third-order valence-electron chi connectivity index (χ3n) is 1.34. The first-order chi connectivity index (χ1) is 6.50. The van der Waals surface area contributed by atoms with Gasteiger partial charge in [-0.2, -0.15) is 4.39 Å². The molecule has 6 heteroatoms. The predicted molar refractivity (Wildman–Crippen MR) is 46.8 cm³/mol.